The van der Waals surface area contributed by atoms with Crippen molar-refractivity contribution in [2.75, 3.05) is 17.7 Å². The van der Waals surface area contributed by atoms with Crippen LogP contribution in [0.25, 0.3) is 0 Å². The Labute approximate surface area is 141 Å². The zero-order chi connectivity index (χ0) is 16.2. The summed E-state index contributed by atoms with van der Waals surface area (Å²) in [6, 6.07) is 7.83. The van der Waals surface area contributed by atoms with E-state index in [9.17, 15) is 0 Å². The molecule has 1 aromatic carbocycles. The van der Waals surface area contributed by atoms with Gasteiger partial charge in [-0.2, -0.15) is 4.98 Å². The zero-order valence-corrected chi connectivity index (χ0v) is 14.2. The number of aromatic nitrogens is 2. The average molecular weight is 333 g/mol. The van der Waals surface area contributed by atoms with Gasteiger partial charge in [-0.15, -0.1) is 0 Å². The summed E-state index contributed by atoms with van der Waals surface area (Å²) in [5.74, 6) is 2.11. The van der Waals surface area contributed by atoms with Gasteiger partial charge in [-0.3, -0.25) is 0 Å². The molecule has 0 atom stereocenters. The van der Waals surface area contributed by atoms with E-state index in [0.717, 1.165) is 22.9 Å². The first kappa shape index (κ1) is 15.9. The van der Waals surface area contributed by atoms with E-state index in [2.05, 4.69) is 20.6 Å². The third kappa shape index (κ3) is 4.05. The second-order valence-electron chi connectivity index (χ2n) is 5.81. The highest BCUT2D eigenvalue weighted by atomic mass is 35.5. The highest BCUT2D eigenvalue weighted by Crippen LogP contribution is 2.30. The standard InChI is InChI=1S/C17H21ClN4O/c1-11-9-16(21-14-10-12(18)7-8-15(14)23-2)22-17(19-11)20-13-5-3-4-6-13/h7-10,13H,3-6H2,1-2H3,(H2,19,20,21,22). The average Bonchev–Trinajstić information content (AvgIpc) is 3.00. The number of hydrogen-bond acceptors (Lipinski definition) is 5. The summed E-state index contributed by atoms with van der Waals surface area (Å²) in [6.45, 7) is 1.96. The van der Waals surface area contributed by atoms with Crippen molar-refractivity contribution < 1.29 is 4.74 Å². The number of rotatable bonds is 5. The van der Waals surface area contributed by atoms with Gasteiger partial charge in [-0.25, -0.2) is 4.98 Å². The molecule has 0 radical (unpaired) electrons. The van der Waals surface area contributed by atoms with Crippen LogP contribution in [0.15, 0.2) is 24.3 Å². The maximum absolute atomic E-state index is 6.08. The molecule has 0 aliphatic heterocycles. The van der Waals surface area contributed by atoms with E-state index in [-0.39, 0.29) is 0 Å². The number of nitrogens with zero attached hydrogens (tertiary/aromatic N) is 2. The highest BCUT2D eigenvalue weighted by molar-refractivity contribution is 6.31. The third-order valence-electron chi connectivity index (χ3n) is 3.97. The normalized spacial score (nSPS) is 14.7. The van der Waals surface area contributed by atoms with E-state index in [1.54, 1.807) is 13.2 Å². The van der Waals surface area contributed by atoms with Crippen LogP contribution in [-0.4, -0.2) is 23.1 Å². The summed E-state index contributed by atoms with van der Waals surface area (Å²) in [6.07, 6.45) is 4.91. The number of aryl methyl sites for hydroxylation is 1. The van der Waals surface area contributed by atoms with Crippen LogP contribution >= 0.6 is 11.6 Å². The molecule has 2 N–H and O–H groups in total. The van der Waals surface area contributed by atoms with Crippen molar-refractivity contribution in [2.24, 2.45) is 0 Å². The Morgan fingerprint density at radius 2 is 1.96 bits per heavy atom. The Morgan fingerprint density at radius 1 is 1.17 bits per heavy atom. The molecule has 2 aromatic rings. The number of hydrogen-bond donors (Lipinski definition) is 2. The molecule has 3 rings (SSSR count). The lowest BCUT2D eigenvalue weighted by molar-refractivity contribution is 0.417. The van der Waals surface area contributed by atoms with Crippen molar-refractivity contribution in [3.05, 3.63) is 35.0 Å². The second kappa shape index (κ2) is 7.04. The lowest BCUT2D eigenvalue weighted by Gasteiger charge is -2.15. The molecular weight excluding hydrogens is 312 g/mol. The predicted octanol–water partition coefficient (Wildman–Crippen LogP) is 4.55. The summed E-state index contributed by atoms with van der Waals surface area (Å²) in [4.78, 5) is 9.05. The minimum absolute atomic E-state index is 0.477. The van der Waals surface area contributed by atoms with E-state index in [0.29, 0.717) is 17.0 Å². The van der Waals surface area contributed by atoms with Crippen molar-refractivity contribution in [1.29, 1.82) is 0 Å². The predicted molar refractivity (Wildman–Crippen MR) is 93.9 cm³/mol. The van der Waals surface area contributed by atoms with Gasteiger partial charge in [0.05, 0.1) is 12.8 Å². The van der Waals surface area contributed by atoms with Crippen LogP contribution < -0.4 is 15.4 Å². The molecule has 122 valence electrons. The van der Waals surface area contributed by atoms with E-state index >= 15 is 0 Å². The largest absolute Gasteiger partial charge is 0.495 e. The molecule has 23 heavy (non-hydrogen) atoms. The Bertz CT molecular complexity index is 686. The van der Waals surface area contributed by atoms with E-state index in [1.807, 2.05) is 25.1 Å². The van der Waals surface area contributed by atoms with Crippen LogP contribution in [0.1, 0.15) is 31.4 Å². The van der Waals surface area contributed by atoms with Gasteiger partial charge in [0.15, 0.2) is 0 Å². The fourth-order valence-corrected chi connectivity index (χ4v) is 3.04. The molecule has 6 heteroatoms. The van der Waals surface area contributed by atoms with E-state index < -0.39 is 0 Å². The summed E-state index contributed by atoms with van der Waals surface area (Å²) >= 11 is 6.08. The maximum atomic E-state index is 6.08. The summed E-state index contributed by atoms with van der Waals surface area (Å²) in [5.41, 5.74) is 1.69. The molecule has 0 spiro atoms. The fraction of sp³-hybridized carbons (Fsp3) is 0.412. The quantitative estimate of drug-likeness (QED) is 0.841. The van der Waals surface area contributed by atoms with Gasteiger partial charge in [-0.1, -0.05) is 24.4 Å². The molecule has 0 unspecified atom stereocenters. The number of halogens is 1. The molecule has 1 aliphatic rings. The van der Waals surface area contributed by atoms with Gasteiger partial charge < -0.3 is 15.4 Å². The third-order valence-corrected chi connectivity index (χ3v) is 4.20. The lowest BCUT2D eigenvalue weighted by atomic mass is 10.2. The SMILES string of the molecule is COc1ccc(Cl)cc1Nc1cc(C)nc(NC2CCCC2)n1. The molecule has 1 heterocycles. The van der Waals surface area contributed by atoms with E-state index in [1.165, 1.54) is 25.7 Å². The molecule has 1 aromatic heterocycles. The lowest BCUT2D eigenvalue weighted by Crippen LogP contribution is -2.17. The number of anilines is 3. The van der Waals surface area contributed by atoms with Gasteiger partial charge in [0.1, 0.15) is 11.6 Å². The van der Waals surface area contributed by atoms with E-state index in [4.69, 9.17) is 16.3 Å². The van der Waals surface area contributed by atoms with Crippen LogP contribution in [0.5, 0.6) is 5.75 Å². The van der Waals surface area contributed by atoms with Crippen molar-refractivity contribution >= 4 is 29.1 Å². The van der Waals surface area contributed by atoms with Gasteiger partial charge >= 0.3 is 0 Å². The van der Waals surface area contributed by atoms with Gasteiger partial charge in [-0.05, 0) is 38.0 Å². The van der Waals surface area contributed by atoms with Crippen LogP contribution in [0.2, 0.25) is 5.02 Å². The van der Waals surface area contributed by atoms with Crippen molar-refractivity contribution in [3.8, 4) is 5.75 Å². The van der Waals surface area contributed by atoms with Gasteiger partial charge in [0.2, 0.25) is 5.95 Å². The molecule has 0 saturated heterocycles. The van der Waals surface area contributed by atoms with Crippen LogP contribution in [0.4, 0.5) is 17.5 Å². The number of nitrogens with one attached hydrogen (secondary N) is 2. The number of benzene rings is 1. The van der Waals surface area contributed by atoms with Crippen molar-refractivity contribution in [1.82, 2.24) is 9.97 Å². The van der Waals surface area contributed by atoms with Crippen LogP contribution in [-0.2, 0) is 0 Å². The van der Waals surface area contributed by atoms with Crippen LogP contribution in [0, 0.1) is 6.92 Å². The Balaban J connectivity index is 1.82. The minimum atomic E-state index is 0.477. The fourth-order valence-electron chi connectivity index (χ4n) is 2.87. The molecule has 0 amide bonds. The zero-order valence-electron chi connectivity index (χ0n) is 13.4. The molecule has 5 nitrogen and oxygen atoms in total. The first-order chi connectivity index (χ1) is 11.1. The molecule has 1 fully saturated rings. The Kier molecular flexibility index (Phi) is 4.86. The monoisotopic (exact) mass is 332 g/mol. The molecule has 0 bridgehead atoms. The minimum Gasteiger partial charge on any atom is -0.495 e. The number of methoxy groups -OCH3 is 1. The summed E-state index contributed by atoms with van der Waals surface area (Å²) in [7, 11) is 1.63. The van der Waals surface area contributed by atoms with Crippen molar-refractivity contribution in [3.63, 3.8) is 0 Å². The smallest absolute Gasteiger partial charge is 0.225 e. The number of ether oxygens (including phenoxy) is 1. The van der Waals surface area contributed by atoms with Gasteiger partial charge in [0, 0.05) is 22.8 Å². The molecule has 1 aliphatic carbocycles. The Hall–Kier alpha value is -2.01. The molecule has 1 saturated carbocycles. The van der Waals surface area contributed by atoms with Gasteiger partial charge in [0.25, 0.3) is 0 Å². The first-order valence-electron chi connectivity index (χ1n) is 7.87. The van der Waals surface area contributed by atoms with Crippen LogP contribution in [0.3, 0.4) is 0 Å². The van der Waals surface area contributed by atoms with Crippen molar-refractivity contribution in [2.45, 2.75) is 38.6 Å². The Morgan fingerprint density at radius 3 is 2.70 bits per heavy atom. The topological polar surface area (TPSA) is 59.1 Å². The summed E-state index contributed by atoms with van der Waals surface area (Å²) in [5, 5.41) is 7.34. The second-order valence-corrected chi connectivity index (χ2v) is 6.25. The molecular formula is C17H21ClN4O. The maximum Gasteiger partial charge on any atom is 0.225 e. The highest BCUT2D eigenvalue weighted by Gasteiger charge is 2.16. The first-order valence-corrected chi connectivity index (χ1v) is 8.24. The summed E-state index contributed by atoms with van der Waals surface area (Å²) < 4.78 is 5.36.